The molecule has 0 radical (unpaired) electrons. The highest BCUT2D eigenvalue weighted by Crippen LogP contribution is 2.21. The molecule has 1 unspecified atom stereocenters. The summed E-state index contributed by atoms with van der Waals surface area (Å²) in [7, 11) is 0. The molecule has 0 aromatic heterocycles. The Morgan fingerprint density at radius 3 is 2.32 bits per heavy atom. The van der Waals surface area contributed by atoms with E-state index in [1.54, 1.807) is 18.2 Å². The van der Waals surface area contributed by atoms with Crippen molar-refractivity contribution in [2.24, 2.45) is 0 Å². The topological polar surface area (TPSA) is 43.4 Å². The zero-order valence-corrected chi connectivity index (χ0v) is 14.1. The summed E-state index contributed by atoms with van der Waals surface area (Å²) in [6.45, 7) is 1.97. The summed E-state index contributed by atoms with van der Waals surface area (Å²) < 4.78 is 5.61. The molecule has 25 heavy (non-hydrogen) atoms. The van der Waals surface area contributed by atoms with Crippen LogP contribution in [0.2, 0.25) is 0 Å². The van der Waals surface area contributed by atoms with Crippen molar-refractivity contribution in [1.82, 2.24) is 0 Å². The fraction of sp³-hybridized carbons (Fsp3) is 0.182. The molecule has 0 N–H and O–H groups in total. The number of fused-ring (bicyclic) bond motifs is 1. The highest BCUT2D eigenvalue weighted by molar-refractivity contribution is 6.06. The van der Waals surface area contributed by atoms with Gasteiger partial charge in [0.2, 0.25) is 5.78 Å². The van der Waals surface area contributed by atoms with Gasteiger partial charge in [-0.25, -0.2) is 4.79 Å². The number of ketones is 1. The summed E-state index contributed by atoms with van der Waals surface area (Å²) in [5.74, 6) is -0.615. The molecule has 3 heteroatoms. The number of Topliss-reactive ketones (excluding diaryl/α,β-unsaturated/α-hetero) is 1. The molecule has 0 amide bonds. The number of ether oxygens (including phenoxy) is 1. The first-order chi connectivity index (χ1) is 12.2. The summed E-state index contributed by atoms with van der Waals surface area (Å²) in [5.41, 5.74) is 1.05. The van der Waals surface area contributed by atoms with E-state index in [0.29, 0.717) is 17.5 Å². The highest BCUT2D eigenvalue weighted by Gasteiger charge is 2.24. The van der Waals surface area contributed by atoms with E-state index in [1.165, 1.54) is 0 Å². The lowest BCUT2D eigenvalue weighted by atomic mass is 10.0. The second kappa shape index (κ2) is 7.75. The van der Waals surface area contributed by atoms with Crippen LogP contribution in [0.15, 0.2) is 72.8 Å². The van der Waals surface area contributed by atoms with E-state index in [1.807, 2.05) is 61.5 Å². The van der Waals surface area contributed by atoms with Crippen LogP contribution in [0.4, 0.5) is 0 Å². The second-order valence-electron chi connectivity index (χ2n) is 5.94. The van der Waals surface area contributed by atoms with E-state index in [-0.39, 0.29) is 5.78 Å². The molecule has 0 fully saturated rings. The van der Waals surface area contributed by atoms with Crippen molar-refractivity contribution in [2.45, 2.75) is 25.9 Å². The molecule has 3 nitrogen and oxygen atoms in total. The molecule has 0 saturated carbocycles. The molecule has 0 aliphatic rings. The predicted molar refractivity (Wildman–Crippen MR) is 98.8 cm³/mol. The lowest BCUT2D eigenvalue weighted by Crippen LogP contribution is -2.27. The van der Waals surface area contributed by atoms with Crippen molar-refractivity contribution >= 4 is 22.5 Å². The van der Waals surface area contributed by atoms with E-state index in [2.05, 4.69) is 0 Å². The number of benzene rings is 3. The van der Waals surface area contributed by atoms with Crippen LogP contribution in [-0.4, -0.2) is 17.9 Å². The smallest absolute Gasteiger partial charge is 0.339 e. The van der Waals surface area contributed by atoms with Gasteiger partial charge in [-0.3, -0.25) is 4.79 Å². The molecule has 3 rings (SSSR count). The number of esters is 1. The standard InChI is InChI=1S/C22H20O3/c1-2-9-20(21(23)17-11-4-3-5-12-17)25-22(24)19-15-8-13-16-10-6-7-14-18(16)19/h3-8,10-15,20H,2,9H2,1H3. The maximum Gasteiger partial charge on any atom is 0.339 e. The van der Waals surface area contributed by atoms with E-state index >= 15 is 0 Å². The third-order valence-electron chi connectivity index (χ3n) is 4.16. The van der Waals surface area contributed by atoms with Gasteiger partial charge in [0.15, 0.2) is 6.10 Å². The van der Waals surface area contributed by atoms with E-state index in [4.69, 9.17) is 4.74 Å². The first kappa shape index (κ1) is 16.9. The molecule has 0 spiro atoms. The van der Waals surface area contributed by atoms with Gasteiger partial charge in [0.05, 0.1) is 5.56 Å². The van der Waals surface area contributed by atoms with Crippen LogP contribution in [0.5, 0.6) is 0 Å². The van der Waals surface area contributed by atoms with Crippen molar-refractivity contribution in [1.29, 1.82) is 0 Å². The maximum absolute atomic E-state index is 12.7. The third-order valence-corrected chi connectivity index (χ3v) is 4.16. The number of hydrogen-bond donors (Lipinski definition) is 0. The van der Waals surface area contributed by atoms with Crippen molar-refractivity contribution in [2.75, 3.05) is 0 Å². The lowest BCUT2D eigenvalue weighted by molar-refractivity contribution is 0.0268. The summed E-state index contributed by atoms with van der Waals surface area (Å²) in [6, 6.07) is 22.1. The van der Waals surface area contributed by atoms with Gasteiger partial charge in [0, 0.05) is 5.56 Å². The Morgan fingerprint density at radius 2 is 1.56 bits per heavy atom. The van der Waals surface area contributed by atoms with Crippen molar-refractivity contribution in [3.05, 3.63) is 83.9 Å². The molecule has 0 bridgehead atoms. The Morgan fingerprint density at radius 1 is 0.880 bits per heavy atom. The zero-order valence-electron chi connectivity index (χ0n) is 14.1. The lowest BCUT2D eigenvalue weighted by Gasteiger charge is -2.17. The highest BCUT2D eigenvalue weighted by atomic mass is 16.5. The first-order valence-corrected chi connectivity index (χ1v) is 8.48. The average Bonchev–Trinajstić information content (AvgIpc) is 2.67. The molecule has 0 aliphatic heterocycles. The first-order valence-electron chi connectivity index (χ1n) is 8.48. The minimum absolute atomic E-state index is 0.156. The summed E-state index contributed by atoms with van der Waals surface area (Å²) in [4.78, 5) is 25.4. The van der Waals surface area contributed by atoms with E-state index in [0.717, 1.165) is 17.2 Å². The molecular weight excluding hydrogens is 312 g/mol. The molecule has 3 aromatic rings. The van der Waals surface area contributed by atoms with Crippen LogP contribution in [-0.2, 0) is 4.74 Å². The molecule has 0 heterocycles. The average molecular weight is 332 g/mol. The van der Waals surface area contributed by atoms with Crippen molar-refractivity contribution in [3.8, 4) is 0 Å². The van der Waals surface area contributed by atoms with E-state index < -0.39 is 12.1 Å². The molecule has 3 aromatic carbocycles. The number of rotatable bonds is 6. The SMILES string of the molecule is CCCC(OC(=O)c1cccc2ccccc12)C(=O)c1ccccc1. The summed E-state index contributed by atoms with van der Waals surface area (Å²) in [6.07, 6.45) is 0.495. The Bertz CT molecular complexity index is 879. The third kappa shape index (κ3) is 3.77. The molecule has 1 atom stereocenters. The van der Waals surface area contributed by atoms with Crippen LogP contribution in [0.25, 0.3) is 10.8 Å². The van der Waals surface area contributed by atoms with Gasteiger partial charge < -0.3 is 4.74 Å². The van der Waals surface area contributed by atoms with Gasteiger partial charge in [-0.1, -0.05) is 80.1 Å². The number of hydrogen-bond acceptors (Lipinski definition) is 3. The van der Waals surface area contributed by atoms with Crippen LogP contribution in [0.1, 0.15) is 40.5 Å². The molecule has 0 saturated heterocycles. The fourth-order valence-corrected chi connectivity index (χ4v) is 2.89. The van der Waals surface area contributed by atoms with Crippen LogP contribution in [0, 0.1) is 0 Å². The van der Waals surface area contributed by atoms with Crippen LogP contribution < -0.4 is 0 Å². The zero-order chi connectivity index (χ0) is 17.6. The van der Waals surface area contributed by atoms with Crippen LogP contribution >= 0.6 is 0 Å². The van der Waals surface area contributed by atoms with Gasteiger partial charge in [-0.2, -0.15) is 0 Å². The largest absolute Gasteiger partial charge is 0.450 e. The monoisotopic (exact) mass is 332 g/mol. The number of carbonyl (C=O) groups is 2. The van der Waals surface area contributed by atoms with Gasteiger partial charge >= 0.3 is 5.97 Å². The Labute approximate surface area is 147 Å². The Kier molecular flexibility index (Phi) is 5.24. The van der Waals surface area contributed by atoms with Gasteiger partial charge in [0.25, 0.3) is 0 Å². The van der Waals surface area contributed by atoms with Gasteiger partial charge in [0.1, 0.15) is 0 Å². The minimum Gasteiger partial charge on any atom is -0.450 e. The Balaban J connectivity index is 1.87. The van der Waals surface area contributed by atoms with Crippen LogP contribution in [0.3, 0.4) is 0 Å². The second-order valence-corrected chi connectivity index (χ2v) is 5.94. The minimum atomic E-state index is -0.765. The van der Waals surface area contributed by atoms with Gasteiger partial charge in [-0.05, 0) is 23.3 Å². The maximum atomic E-state index is 12.7. The fourth-order valence-electron chi connectivity index (χ4n) is 2.89. The van der Waals surface area contributed by atoms with Crippen molar-refractivity contribution in [3.63, 3.8) is 0 Å². The summed E-state index contributed by atoms with van der Waals surface area (Å²) in [5, 5.41) is 1.80. The summed E-state index contributed by atoms with van der Waals surface area (Å²) >= 11 is 0. The predicted octanol–water partition coefficient (Wildman–Crippen LogP) is 5.05. The molecular formula is C22H20O3. The quantitative estimate of drug-likeness (QED) is 0.469. The number of carbonyl (C=O) groups excluding carboxylic acids is 2. The van der Waals surface area contributed by atoms with Crippen molar-refractivity contribution < 1.29 is 14.3 Å². The van der Waals surface area contributed by atoms with E-state index in [9.17, 15) is 9.59 Å². The van der Waals surface area contributed by atoms with Gasteiger partial charge in [-0.15, -0.1) is 0 Å². The normalized spacial score (nSPS) is 11.9. The molecule has 126 valence electrons. The Hall–Kier alpha value is -2.94. The molecule has 0 aliphatic carbocycles.